The summed E-state index contributed by atoms with van der Waals surface area (Å²) in [6.45, 7) is 6.32. The van der Waals surface area contributed by atoms with E-state index in [0.717, 1.165) is 29.7 Å². The first-order valence-corrected chi connectivity index (χ1v) is 9.84. The van der Waals surface area contributed by atoms with Crippen LogP contribution in [-0.2, 0) is 17.6 Å². The first-order chi connectivity index (χ1) is 12.5. The summed E-state index contributed by atoms with van der Waals surface area (Å²) < 4.78 is 0. The quantitative estimate of drug-likeness (QED) is 0.622. The van der Waals surface area contributed by atoms with Gasteiger partial charge in [-0.15, -0.1) is 11.3 Å². The molecule has 1 N–H and O–H groups in total. The molecule has 0 spiro atoms. The standard InChI is InChI=1S/C22H24N2OS/c1-4-5-17-8-10-19(11-9-17)20-14-26-22(23-20)24-21(25)13-18-7-6-15(2)16(3)12-18/h6-12,14H,4-5,13H2,1-3H3,(H,23,24,25). The van der Waals surface area contributed by atoms with Gasteiger partial charge in [-0.2, -0.15) is 0 Å². The van der Waals surface area contributed by atoms with Crippen LogP contribution in [0, 0.1) is 13.8 Å². The summed E-state index contributed by atoms with van der Waals surface area (Å²) in [4.78, 5) is 16.9. The summed E-state index contributed by atoms with van der Waals surface area (Å²) >= 11 is 1.46. The summed E-state index contributed by atoms with van der Waals surface area (Å²) in [5.74, 6) is -0.0348. The number of nitrogens with one attached hydrogen (secondary N) is 1. The Morgan fingerprint density at radius 2 is 1.77 bits per heavy atom. The fraction of sp³-hybridized carbons (Fsp3) is 0.273. The second kappa shape index (κ2) is 8.28. The number of aromatic nitrogens is 1. The number of thiazole rings is 1. The molecular weight excluding hydrogens is 340 g/mol. The Hall–Kier alpha value is -2.46. The lowest BCUT2D eigenvalue weighted by Gasteiger charge is -2.05. The van der Waals surface area contributed by atoms with Crippen molar-refractivity contribution in [1.82, 2.24) is 4.98 Å². The van der Waals surface area contributed by atoms with Gasteiger partial charge in [0.05, 0.1) is 12.1 Å². The lowest BCUT2D eigenvalue weighted by Crippen LogP contribution is -2.14. The first-order valence-electron chi connectivity index (χ1n) is 8.96. The van der Waals surface area contributed by atoms with Crippen LogP contribution in [0.15, 0.2) is 47.8 Å². The van der Waals surface area contributed by atoms with Gasteiger partial charge in [0.25, 0.3) is 0 Å². The van der Waals surface area contributed by atoms with Gasteiger partial charge in [0.15, 0.2) is 5.13 Å². The van der Waals surface area contributed by atoms with Gasteiger partial charge in [-0.05, 0) is 42.5 Å². The third-order valence-corrected chi connectivity index (χ3v) is 5.23. The molecule has 1 amide bonds. The molecule has 3 nitrogen and oxygen atoms in total. The van der Waals surface area contributed by atoms with Crippen LogP contribution in [0.25, 0.3) is 11.3 Å². The monoisotopic (exact) mass is 364 g/mol. The number of rotatable bonds is 6. The Labute approximate surface area is 159 Å². The van der Waals surface area contributed by atoms with E-state index in [9.17, 15) is 4.79 Å². The van der Waals surface area contributed by atoms with E-state index in [0.29, 0.717) is 11.6 Å². The van der Waals surface area contributed by atoms with Crippen molar-refractivity contribution < 1.29 is 4.79 Å². The maximum atomic E-state index is 12.3. The van der Waals surface area contributed by atoms with Gasteiger partial charge in [0.2, 0.25) is 5.91 Å². The van der Waals surface area contributed by atoms with Crippen molar-refractivity contribution in [2.24, 2.45) is 0 Å². The number of hydrogen-bond acceptors (Lipinski definition) is 3. The van der Waals surface area contributed by atoms with E-state index in [4.69, 9.17) is 0 Å². The fourth-order valence-corrected chi connectivity index (χ4v) is 3.59. The van der Waals surface area contributed by atoms with Crippen LogP contribution < -0.4 is 5.32 Å². The highest BCUT2D eigenvalue weighted by Crippen LogP contribution is 2.25. The zero-order valence-electron chi connectivity index (χ0n) is 15.5. The van der Waals surface area contributed by atoms with Crippen molar-refractivity contribution in [3.8, 4) is 11.3 Å². The van der Waals surface area contributed by atoms with Crippen LogP contribution in [0.3, 0.4) is 0 Å². The second-order valence-electron chi connectivity index (χ2n) is 6.63. The highest BCUT2D eigenvalue weighted by Gasteiger charge is 2.09. The molecule has 134 valence electrons. The van der Waals surface area contributed by atoms with E-state index < -0.39 is 0 Å². The first kappa shape index (κ1) is 18.3. The molecular formula is C22H24N2OS. The van der Waals surface area contributed by atoms with Crippen LogP contribution in [-0.4, -0.2) is 10.9 Å². The molecule has 0 aliphatic rings. The fourth-order valence-electron chi connectivity index (χ4n) is 2.86. The minimum absolute atomic E-state index is 0.0348. The molecule has 0 radical (unpaired) electrons. The Kier molecular flexibility index (Phi) is 5.84. The van der Waals surface area contributed by atoms with Crippen LogP contribution in [0.4, 0.5) is 5.13 Å². The molecule has 3 aromatic rings. The van der Waals surface area contributed by atoms with Gasteiger partial charge >= 0.3 is 0 Å². The molecule has 0 saturated heterocycles. The maximum absolute atomic E-state index is 12.3. The zero-order valence-corrected chi connectivity index (χ0v) is 16.3. The van der Waals surface area contributed by atoms with Crippen LogP contribution in [0.5, 0.6) is 0 Å². The van der Waals surface area contributed by atoms with Crippen molar-refractivity contribution in [1.29, 1.82) is 0 Å². The third kappa shape index (κ3) is 4.58. The number of amides is 1. The van der Waals surface area contributed by atoms with Crippen LogP contribution >= 0.6 is 11.3 Å². The molecule has 2 aromatic carbocycles. The van der Waals surface area contributed by atoms with Crippen molar-refractivity contribution >= 4 is 22.4 Å². The summed E-state index contributed by atoms with van der Waals surface area (Å²) in [5.41, 5.74) is 6.79. The molecule has 0 atom stereocenters. The summed E-state index contributed by atoms with van der Waals surface area (Å²) in [6, 6.07) is 14.6. The van der Waals surface area contributed by atoms with Gasteiger partial charge in [-0.25, -0.2) is 4.98 Å². The highest BCUT2D eigenvalue weighted by atomic mass is 32.1. The molecule has 3 rings (SSSR count). The Morgan fingerprint density at radius 1 is 1.04 bits per heavy atom. The highest BCUT2D eigenvalue weighted by molar-refractivity contribution is 7.14. The minimum atomic E-state index is -0.0348. The summed E-state index contributed by atoms with van der Waals surface area (Å²) in [5, 5.41) is 5.55. The van der Waals surface area contributed by atoms with E-state index in [-0.39, 0.29) is 5.91 Å². The molecule has 0 saturated carbocycles. The molecule has 0 aliphatic heterocycles. The lowest BCUT2D eigenvalue weighted by molar-refractivity contribution is -0.115. The number of nitrogens with zero attached hydrogens (tertiary/aromatic N) is 1. The molecule has 1 heterocycles. The van der Waals surface area contributed by atoms with Gasteiger partial charge in [0.1, 0.15) is 0 Å². The van der Waals surface area contributed by atoms with Gasteiger partial charge in [-0.1, -0.05) is 55.8 Å². The number of carbonyl (C=O) groups is 1. The number of benzene rings is 2. The van der Waals surface area contributed by atoms with E-state index in [1.54, 1.807) is 0 Å². The Bertz CT molecular complexity index is 897. The van der Waals surface area contributed by atoms with Gasteiger partial charge in [-0.3, -0.25) is 4.79 Å². The van der Waals surface area contributed by atoms with Crippen molar-refractivity contribution in [3.05, 3.63) is 70.1 Å². The zero-order chi connectivity index (χ0) is 18.5. The number of carbonyl (C=O) groups excluding carboxylic acids is 1. The average Bonchev–Trinajstić information content (AvgIpc) is 3.07. The van der Waals surface area contributed by atoms with Gasteiger partial charge < -0.3 is 5.32 Å². The van der Waals surface area contributed by atoms with Crippen molar-refractivity contribution in [3.63, 3.8) is 0 Å². The molecule has 1 aromatic heterocycles. The normalized spacial score (nSPS) is 10.7. The van der Waals surface area contributed by atoms with Crippen LogP contribution in [0.1, 0.15) is 35.6 Å². The Morgan fingerprint density at radius 3 is 2.46 bits per heavy atom. The molecule has 4 heteroatoms. The third-order valence-electron chi connectivity index (χ3n) is 4.47. The number of aryl methyl sites for hydroxylation is 3. The van der Waals surface area contributed by atoms with Crippen LogP contribution in [0.2, 0.25) is 0 Å². The van der Waals surface area contributed by atoms with E-state index in [1.165, 1.54) is 28.0 Å². The largest absolute Gasteiger partial charge is 0.302 e. The maximum Gasteiger partial charge on any atom is 0.230 e. The van der Waals surface area contributed by atoms with E-state index >= 15 is 0 Å². The van der Waals surface area contributed by atoms with Crippen molar-refractivity contribution in [2.45, 2.75) is 40.0 Å². The number of hydrogen-bond donors (Lipinski definition) is 1. The predicted octanol–water partition coefficient (Wildman–Crippen LogP) is 5.56. The molecule has 0 fully saturated rings. The molecule has 0 aliphatic carbocycles. The Balaban J connectivity index is 1.64. The van der Waals surface area contributed by atoms with Gasteiger partial charge in [0, 0.05) is 10.9 Å². The smallest absolute Gasteiger partial charge is 0.230 e. The summed E-state index contributed by atoms with van der Waals surface area (Å²) in [7, 11) is 0. The van der Waals surface area contributed by atoms with E-state index in [2.05, 4.69) is 67.5 Å². The summed E-state index contributed by atoms with van der Waals surface area (Å²) in [6.07, 6.45) is 2.60. The predicted molar refractivity (Wildman–Crippen MR) is 110 cm³/mol. The average molecular weight is 365 g/mol. The van der Waals surface area contributed by atoms with Crippen molar-refractivity contribution in [2.75, 3.05) is 5.32 Å². The molecule has 0 unspecified atom stereocenters. The molecule has 26 heavy (non-hydrogen) atoms. The molecule has 0 bridgehead atoms. The minimum Gasteiger partial charge on any atom is -0.302 e. The topological polar surface area (TPSA) is 42.0 Å². The number of anilines is 1. The second-order valence-corrected chi connectivity index (χ2v) is 7.49. The lowest BCUT2D eigenvalue weighted by atomic mass is 10.0. The SMILES string of the molecule is CCCc1ccc(-c2csc(NC(=O)Cc3ccc(C)c(C)c3)n2)cc1. The van der Waals surface area contributed by atoms with E-state index in [1.807, 2.05) is 11.4 Å².